The highest BCUT2D eigenvalue weighted by molar-refractivity contribution is 7.17. The third kappa shape index (κ3) is 5.05. The van der Waals surface area contributed by atoms with Crippen LogP contribution in [0.1, 0.15) is 45.9 Å². The van der Waals surface area contributed by atoms with Gasteiger partial charge in [0.25, 0.3) is 5.91 Å². The lowest BCUT2D eigenvalue weighted by atomic mass is 10.1. The summed E-state index contributed by atoms with van der Waals surface area (Å²) in [6, 6.07) is 4.06. The molecule has 0 saturated heterocycles. The number of ether oxygens (including phenoxy) is 1. The Balaban J connectivity index is 2.11. The molecule has 2 amide bonds. The molecule has 1 heterocycles. The lowest BCUT2D eigenvalue weighted by Crippen LogP contribution is -2.16. The number of hydrogen-bond acceptors (Lipinski definition) is 5. The third-order valence-electron chi connectivity index (χ3n) is 3.68. The molecule has 140 valence electrons. The third-order valence-corrected chi connectivity index (χ3v) is 4.75. The maximum atomic E-state index is 12.7. The Hall–Kier alpha value is -2.41. The van der Waals surface area contributed by atoms with Gasteiger partial charge in [-0.1, -0.05) is 42.9 Å². The Labute approximate surface area is 158 Å². The number of amides is 2. The lowest BCUT2D eigenvalue weighted by Gasteiger charge is -2.12. The van der Waals surface area contributed by atoms with Crippen molar-refractivity contribution in [2.45, 2.75) is 41.5 Å². The molecular weight excluding hydrogens is 350 g/mol. The fourth-order valence-electron chi connectivity index (χ4n) is 2.57. The van der Waals surface area contributed by atoms with Gasteiger partial charge in [0, 0.05) is 5.69 Å². The normalized spacial score (nSPS) is 10.7. The molecule has 1 aromatic carbocycles. The van der Waals surface area contributed by atoms with Crippen LogP contribution in [-0.2, 0) is 4.74 Å². The Morgan fingerprint density at radius 1 is 1.12 bits per heavy atom. The van der Waals surface area contributed by atoms with Gasteiger partial charge >= 0.3 is 6.09 Å². The summed E-state index contributed by atoms with van der Waals surface area (Å²) in [7, 11) is 0. The molecule has 2 aromatic rings. The quantitative estimate of drug-likeness (QED) is 0.784. The van der Waals surface area contributed by atoms with Gasteiger partial charge in [-0.05, 0) is 44.7 Å². The van der Waals surface area contributed by atoms with Gasteiger partial charge in [-0.2, -0.15) is 0 Å². The number of hydrogen-bond donors (Lipinski definition) is 2. The van der Waals surface area contributed by atoms with Crippen LogP contribution in [0.5, 0.6) is 0 Å². The lowest BCUT2D eigenvalue weighted by molar-refractivity contribution is 0.102. The van der Waals surface area contributed by atoms with Crippen molar-refractivity contribution < 1.29 is 14.3 Å². The maximum absolute atomic E-state index is 12.7. The van der Waals surface area contributed by atoms with E-state index < -0.39 is 6.09 Å². The zero-order valence-electron chi connectivity index (χ0n) is 16.0. The Morgan fingerprint density at radius 3 is 2.31 bits per heavy atom. The molecule has 0 radical (unpaired) electrons. The first kappa shape index (κ1) is 19.9. The second-order valence-corrected chi connectivity index (χ2v) is 7.78. The van der Waals surface area contributed by atoms with Gasteiger partial charge in [0.15, 0.2) is 5.13 Å². The van der Waals surface area contributed by atoms with Gasteiger partial charge in [0.2, 0.25) is 0 Å². The van der Waals surface area contributed by atoms with Crippen molar-refractivity contribution in [3.05, 3.63) is 39.4 Å². The number of rotatable bonds is 5. The molecule has 0 atom stereocenters. The van der Waals surface area contributed by atoms with E-state index in [1.807, 2.05) is 46.8 Å². The Kier molecular flexibility index (Phi) is 6.37. The summed E-state index contributed by atoms with van der Waals surface area (Å²) < 4.78 is 5.07. The van der Waals surface area contributed by atoms with Gasteiger partial charge < -0.3 is 10.1 Å². The van der Waals surface area contributed by atoms with Gasteiger partial charge in [-0.25, -0.2) is 9.78 Å². The molecule has 0 aliphatic heterocycles. The molecule has 0 bridgehead atoms. The zero-order valence-corrected chi connectivity index (χ0v) is 16.8. The summed E-state index contributed by atoms with van der Waals surface area (Å²) in [6.07, 6.45) is -0.565. The largest absolute Gasteiger partial charge is 0.449 e. The van der Waals surface area contributed by atoms with E-state index in [0.29, 0.717) is 22.3 Å². The van der Waals surface area contributed by atoms with Gasteiger partial charge in [-0.15, -0.1) is 0 Å². The van der Waals surface area contributed by atoms with Crippen LogP contribution in [0.4, 0.5) is 15.6 Å². The zero-order chi connectivity index (χ0) is 19.4. The highest BCUT2D eigenvalue weighted by atomic mass is 32.1. The first-order valence-corrected chi connectivity index (χ1v) is 9.29. The number of carbonyl (C=O) groups excluding carboxylic acids is 2. The number of aryl methyl sites for hydroxylation is 4. The molecule has 6 nitrogen and oxygen atoms in total. The molecule has 7 heteroatoms. The molecule has 2 N–H and O–H groups in total. The maximum Gasteiger partial charge on any atom is 0.413 e. The van der Waals surface area contributed by atoms with E-state index in [-0.39, 0.29) is 11.8 Å². The van der Waals surface area contributed by atoms with E-state index in [4.69, 9.17) is 4.74 Å². The molecule has 2 rings (SSSR count). The van der Waals surface area contributed by atoms with Crippen LogP contribution in [0.15, 0.2) is 12.1 Å². The molecule has 0 aliphatic carbocycles. The molecule has 1 aromatic heterocycles. The van der Waals surface area contributed by atoms with E-state index in [2.05, 4.69) is 15.6 Å². The molecule has 0 aliphatic rings. The van der Waals surface area contributed by atoms with E-state index in [9.17, 15) is 9.59 Å². The second-order valence-electron chi connectivity index (χ2n) is 6.78. The summed E-state index contributed by atoms with van der Waals surface area (Å²) in [5.41, 5.74) is 4.54. The minimum atomic E-state index is -0.565. The van der Waals surface area contributed by atoms with E-state index >= 15 is 0 Å². The van der Waals surface area contributed by atoms with Crippen molar-refractivity contribution in [1.82, 2.24) is 4.98 Å². The minimum Gasteiger partial charge on any atom is -0.449 e. The summed E-state index contributed by atoms with van der Waals surface area (Å²) in [5, 5.41) is 5.88. The first-order chi connectivity index (χ1) is 12.2. The van der Waals surface area contributed by atoms with Crippen molar-refractivity contribution in [1.29, 1.82) is 0 Å². The van der Waals surface area contributed by atoms with Gasteiger partial charge in [-0.3, -0.25) is 10.1 Å². The Morgan fingerprint density at radius 2 is 1.73 bits per heavy atom. The van der Waals surface area contributed by atoms with Crippen LogP contribution >= 0.6 is 11.3 Å². The molecule has 26 heavy (non-hydrogen) atoms. The van der Waals surface area contributed by atoms with Gasteiger partial charge in [0.1, 0.15) is 4.88 Å². The topological polar surface area (TPSA) is 80.3 Å². The number of aromatic nitrogens is 1. The summed E-state index contributed by atoms with van der Waals surface area (Å²) in [5.74, 6) is 0.0137. The number of nitrogens with zero attached hydrogens (tertiary/aromatic N) is 1. The van der Waals surface area contributed by atoms with Crippen molar-refractivity contribution >= 4 is 34.2 Å². The predicted octanol–water partition coefficient (Wildman–Crippen LogP) is 4.83. The van der Waals surface area contributed by atoms with Crippen LogP contribution in [-0.4, -0.2) is 23.6 Å². The van der Waals surface area contributed by atoms with Crippen molar-refractivity contribution in [2.75, 3.05) is 17.2 Å². The van der Waals surface area contributed by atoms with Gasteiger partial charge in [0.05, 0.1) is 12.3 Å². The highest BCUT2D eigenvalue weighted by Gasteiger charge is 2.18. The smallest absolute Gasteiger partial charge is 0.413 e. The van der Waals surface area contributed by atoms with E-state index in [0.717, 1.165) is 33.7 Å². The second kappa shape index (κ2) is 8.31. The van der Waals surface area contributed by atoms with Crippen LogP contribution in [0.3, 0.4) is 0 Å². The summed E-state index contributed by atoms with van der Waals surface area (Å²) >= 11 is 1.13. The fraction of sp³-hybridized carbons (Fsp3) is 0.421. The van der Waals surface area contributed by atoms with Crippen LogP contribution < -0.4 is 10.6 Å². The average Bonchev–Trinajstić information content (AvgIpc) is 2.89. The van der Waals surface area contributed by atoms with Crippen molar-refractivity contribution in [3.8, 4) is 0 Å². The van der Waals surface area contributed by atoms with Crippen LogP contribution in [0.2, 0.25) is 0 Å². The van der Waals surface area contributed by atoms with E-state index in [1.54, 1.807) is 6.92 Å². The summed E-state index contributed by atoms with van der Waals surface area (Å²) in [6.45, 7) is 11.9. The number of benzene rings is 1. The number of carbonyl (C=O) groups is 2. The average molecular weight is 375 g/mol. The Bertz CT molecular complexity index is 804. The molecular formula is C19H25N3O3S. The summed E-state index contributed by atoms with van der Waals surface area (Å²) in [4.78, 5) is 29.1. The number of nitrogens with one attached hydrogen (secondary N) is 2. The molecule has 0 fully saturated rings. The minimum absolute atomic E-state index is 0.237. The van der Waals surface area contributed by atoms with E-state index in [1.165, 1.54) is 0 Å². The molecule has 0 spiro atoms. The monoisotopic (exact) mass is 375 g/mol. The molecule has 0 unspecified atom stereocenters. The number of thiazole rings is 1. The predicted molar refractivity (Wildman–Crippen MR) is 105 cm³/mol. The highest BCUT2D eigenvalue weighted by Crippen LogP contribution is 2.26. The van der Waals surface area contributed by atoms with Crippen LogP contribution in [0, 0.1) is 33.6 Å². The SMILES string of the molecule is Cc1cc(C)c(NC(=O)c2sc(NC(=O)OCC(C)C)nc2C)c(C)c1. The molecule has 0 saturated carbocycles. The number of anilines is 2. The van der Waals surface area contributed by atoms with Crippen LogP contribution in [0.25, 0.3) is 0 Å². The standard InChI is InChI=1S/C19H25N3O3S/c1-10(2)9-25-19(24)22-18-20-14(6)16(26-18)17(23)21-15-12(4)7-11(3)8-13(15)5/h7-8,10H,9H2,1-6H3,(H,21,23)(H,20,22,24). The van der Waals surface area contributed by atoms with Crippen molar-refractivity contribution in [3.63, 3.8) is 0 Å². The fourth-order valence-corrected chi connectivity index (χ4v) is 3.42. The van der Waals surface area contributed by atoms with Crippen molar-refractivity contribution in [2.24, 2.45) is 5.92 Å². The first-order valence-electron chi connectivity index (χ1n) is 8.47.